The maximum atomic E-state index is 12.2. The lowest BCUT2D eigenvalue weighted by Gasteiger charge is -2.10. The molecule has 1 aliphatic heterocycles. The predicted molar refractivity (Wildman–Crippen MR) is 75.3 cm³/mol. The van der Waals surface area contributed by atoms with Crippen LogP contribution >= 0.6 is 0 Å². The molecule has 2 rings (SSSR count). The summed E-state index contributed by atoms with van der Waals surface area (Å²) in [6.45, 7) is 0. The average molecular weight is 298 g/mol. The molecule has 110 valence electrons. The van der Waals surface area contributed by atoms with Gasteiger partial charge in [-0.05, 0) is 24.5 Å². The van der Waals surface area contributed by atoms with Crippen LogP contribution in [0.2, 0.25) is 0 Å². The van der Waals surface area contributed by atoms with Crippen molar-refractivity contribution in [3.8, 4) is 11.5 Å². The number of carbonyl (C=O) groups is 1. The number of Topliss-reactive ketones (excluding diaryl/α,β-unsaturated/α-hetero) is 1. The molecule has 0 aliphatic carbocycles. The number of methoxy groups -OCH3 is 2. The number of benzene rings is 1. The first kappa shape index (κ1) is 14.8. The molecule has 1 unspecified atom stereocenters. The van der Waals surface area contributed by atoms with Crippen LogP contribution in [-0.2, 0) is 9.84 Å². The van der Waals surface area contributed by atoms with Gasteiger partial charge >= 0.3 is 0 Å². The van der Waals surface area contributed by atoms with Gasteiger partial charge in [0.15, 0.2) is 15.6 Å². The lowest BCUT2D eigenvalue weighted by molar-refractivity contribution is 0.0965. The molecule has 0 aromatic heterocycles. The van der Waals surface area contributed by atoms with Crippen LogP contribution in [0.25, 0.3) is 0 Å². The first-order chi connectivity index (χ1) is 9.43. The van der Waals surface area contributed by atoms with Gasteiger partial charge in [0.2, 0.25) is 0 Å². The van der Waals surface area contributed by atoms with Gasteiger partial charge in [-0.15, -0.1) is 0 Å². The monoisotopic (exact) mass is 298 g/mol. The molecule has 1 aromatic carbocycles. The van der Waals surface area contributed by atoms with Crippen molar-refractivity contribution in [3.63, 3.8) is 0 Å². The lowest BCUT2D eigenvalue weighted by atomic mass is 9.97. The smallest absolute Gasteiger partial charge is 0.163 e. The molecule has 1 aromatic rings. The molecule has 0 amide bonds. The minimum absolute atomic E-state index is 0.0790. The summed E-state index contributed by atoms with van der Waals surface area (Å²) in [6.07, 6.45) is 0.810. The SMILES string of the molecule is COc1cc(OC)cc(C(=O)CC2CCS(=O)(=O)C2)c1. The highest BCUT2D eigenvalue weighted by atomic mass is 32.2. The number of ether oxygens (including phenoxy) is 2. The van der Waals surface area contributed by atoms with Gasteiger partial charge in [-0.2, -0.15) is 0 Å². The summed E-state index contributed by atoms with van der Waals surface area (Å²) >= 11 is 0. The Kier molecular flexibility index (Phi) is 4.32. The van der Waals surface area contributed by atoms with Crippen molar-refractivity contribution < 1.29 is 22.7 Å². The Bertz CT molecular complexity index is 584. The van der Waals surface area contributed by atoms with E-state index >= 15 is 0 Å². The summed E-state index contributed by atoms with van der Waals surface area (Å²) in [5, 5.41) is 0. The second-order valence-corrected chi connectivity index (χ2v) is 7.23. The summed E-state index contributed by atoms with van der Waals surface area (Å²) in [7, 11) is 0.0903. The van der Waals surface area contributed by atoms with Gasteiger partial charge in [-0.25, -0.2) is 8.42 Å². The Balaban J connectivity index is 2.13. The van der Waals surface area contributed by atoms with E-state index in [4.69, 9.17) is 9.47 Å². The fraction of sp³-hybridized carbons (Fsp3) is 0.500. The zero-order valence-corrected chi connectivity index (χ0v) is 12.4. The summed E-state index contributed by atoms with van der Waals surface area (Å²) < 4.78 is 33.1. The van der Waals surface area contributed by atoms with E-state index in [0.29, 0.717) is 23.5 Å². The topological polar surface area (TPSA) is 69.7 Å². The molecule has 0 bridgehead atoms. The Morgan fingerprint density at radius 2 is 1.80 bits per heavy atom. The molecule has 0 radical (unpaired) electrons. The van der Waals surface area contributed by atoms with Crippen molar-refractivity contribution in [2.75, 3.05) is 25.7 Å². The summed E-state index contributed by atoms with van der Waals surface area (Å²) in [4.78, 5) is 12.2. The van der Waals surface area contributed by atoms with E-state index in [0.717, 1.165) is 0 Å². The van der Waals surface area contributed by atoms with Crippen molar-refractivity contribution in [1.29, 1.82) is 0 Å². The molecule has 5 nitrogen and oxygen atoms in total. The maximum Gasteiger partial charge on any atom is 0.163 e. The van der Waals surface area contributed by atoms with E-state index in [1.54, 1.807) is 18.2 Å². The second kappa shape index (κ2) is 5.83. The summed E-state index contributed by atoms with van der Waals surface area (Å²) in [5.74, 6) is 1.24. The molecule has 0 N–H and O–H groups in total. The van der Waals surface area contributed by atoms with Crippen LogP contribution in [0, 0.1) is 5.92 Å². The van der Waals surface area contributed by atoms with Gasteiger partial charge in [0.05, 0.1) is 25.7 Å². The van der Waals surface area contributed by atoms with Gasteiger partial charge in [-0.3, -0.25) is 4.79 Å². The quantitative estimate of drug-likeness (QED) is 0.774. The number of sulfone groups is 1. The normalized spacial score (nSPS) is 20.6. The zero-order valence-electron chi connectivity index (χ0n) is 11.6. The van der Waals surface area contributed by atoms with Gasteiger partial charge in [0.25, 0.3) is 0 Å². The molecule has 0 saturated carbocycles. The first-order valence-corrected chi connectivity index (χ1v) is 8.22. The van der Waals surface area contributed by atoms with Gasteiger partial charge in [0, 0.05) is 18.1 Å². The van der Waals surface area contributed by atoms with E-state index in [9.17, 15) is 13.2 Å². The van der Waals surface area contributed by atoms with Crippen molar-refractivity contribution >= 4 is 15.6 Å². The van der Waals surface area contributed by atoms with E-state index in [2.05, 4.69) is 0 Å². The van der Waals surface area contributed by atoms with Crippen LogP contribution < -0.4 is 9.47 Å². The number of hydrogen-bond donors (Lipinski definition) is 0. The van der Waals surface area contributed by atoms with Crippen LogP contribution in [-0.4, -0.2) is 39.9 Å². The average Bonchev–Trinajstić information content (AvgIpc) is 2.77. The summed E-state index contributed by atoms with van der Waals surface area (Å²) in [6, 6.07) is 4.99. The number of carbonyl (C=O) groups excluding carboxylic acids is 1. The fourth-order valence-electron chi connectivity index (χ4n) is 2.38. The van der Waals surface area contributed by atoms with E-state index < -0.39 is 9.84 Å². The Labute approximate surface area is 118 Å². The van der Waals surface area contributed by atoms with Crippen LogP contribution in [0.3, 0.4) is 0 Å². The Morgan fingerprint density at radius 1 is 1.20 bits per heavy atom. The van der Waals surface area contributed by atoms with Crippen molar-refractivity contribution in [1.82, 2.24) is 0 Å². The van der Waals surface area contributed by atoms with E-state index in [1.165, 1.54) is 14.2 Å². The highest BCUT2D eigenvalue weighted by molar-refractivity contribution is 7.91. The standard InChI is InChI=1S/C14H18O5S/c1-18-12-6-11(7-13(8-12)19-2)14(15)5-10-3-4-20(16,17)9-10/h6-8,10H,3-5,9H2,1-2H3. The lowest BCUT2D eigenvalue weighted by Crippen LogP contribution is -2.11. The highest BCUT2D eigenvalue weighted by Crippen LogP contribution is 2.27. The fourth-order valence-corrected chi connectivity index (χ4v) is 4.24. The molecule has 0 spiro atoms. The minimum Gasteiger partial charge on any atom is -0.497 e. The minimum atomic E-state index is -2.95. The van der Waals surface area contributed by atoms with Gasteiger partial charge in [-0.1, -0.05) is 0 Å². The largest absolute Gasteiger partial charge is 0.497 e. The van der Waals surface area contributed by atoms with E-state index in [-0.39, 0.29) is 29.6 Å². The van der Waals surface area contributed by atoms with Crippen LogP contribution in [0.1, 0.15) is 23.2 Å². The molecular weight excluding hydrogens is 280 g/mol. The number of ketones is 1. The van der Waals surface area contributed by atoms with Crippen LogP contribution in [0.5, 0.6) is 11.5 Å². The second-order valence-electron chi connectivity index (χ2n) is 5.00. The number of hydrogen-bond acceptors (Lipinski definition) is 5. The van der Waals surface area contributed by atoms with Gasteiger partial charge in [0.1, 0.15) is 11.5 Å². The van der Waals surface area contributed by atoms with Crippen LogP contribution in [0.4, 0.5) is 0 Å². The Hall–Kier alpha value is -1.56. The van der Waals surface area contributed by atoms with Gasteiger partial charge < -0.3 is 9.47 Å². The Morgan fingerprint density at radius 3 is 2.25 bits per heavy atom. The molecule has 20 heavy (non-hydrogen) atoms. The third-order valence-electron chi connectivity index (χ3n) is 3.47. The number of rotatable bonds is 5. The third-order valence-corrected chi connectivity index (χ3v) is 5.31. The first-order valence-electron chi connectivity index (χ1n) is 6.40. The third kappa shape index (κ3) is 3.50. The summed E-state index contributed by atoms with van der Waals surface area (Å²) in [5.41, 5.74) is 0.491. The molecular formula is C14H18O5S. The predicted octanol–water partition coefficient (Wildman–Crippen LogP) is 1.71. The van der Waals surface area contributed by atoms with E-state index in [1.807, 2.05) is 0 Å². The molecule has 1 saturated heterocycles. The molecule has 1 aliphatic rings. The van der Waals surface area contributed by atoms with Crippen LogP contribution in [0.15, 0.2) is 18.2 Å². The van der Waals surface area contributed by atoms with Crippen molar-refractivity contribution in [2.45, 2.75) is 12.8 Å². The molecule has 6 heteroatoms. The molecule has 1 heterocycles. The molecule has 1 atom stereocenters. The molecule has 1 fully saturated rings. The van der Waals surface area contributed by atoms with Crippen molar-refractivity contribution in [3.05, 3.63) is 23.8 Å². The van der Waals surface area contributed by atoms with Crippen molar-refractivity contribution in [2.24, 2.45) is 5.92 Å². The zero-order chi connectivity index (χ0) is 14.8. The highest BCUT2D eigenvalue weighted by Gasteiger charge is 2.29. The maximum absolute atomic E-state index is 12.2.